The quantitative estimate of drug-likeness (QED) is 0.664. The summed E-state index contributed by atoms with van der Waals surface area (Å²) in [5, 5.41) is 0.534. The van der Waals surface area contributed by atoms with Crippen LogP contribution in [0.25, 0.3) is 11.0 Å². The van der Waals surface area contributed by atoms with Gasteiger partial charge in [0.1, 0.15) is 11.6 Å². The summed E-state index contributed by atoms with van der Waals surface area (Å²) in [6, 6.07) is 9.02. The van der Waals surface area contributed by atoms with Crippen LogP contribution < -0.4 is 0 Å². The summed E-state index contributed by atoms with van der Waals surface area (Å²) in [6.07, 6.45) is 1.26. The Hall–Kier alpha value is -1.67. The molecule has 1 aliphatic rings. The maximum atomic E-state index is 13.7. The molecule has 0 bridgehead atoms. The zero-order valence-corrected chi connectivity index (χ0v) is 16.5. The van der Waals surface area contributed by atoms with E-state index in [9.17, 15) is 12.8 Å². The van der Waals surface area contributed by atoms with E-state index in [0.29, 0.717) is 31.0 Å². The average Bonchev–Trinajstić information content (AvgIpc) is 3.07. The SMILES string of the molecule is O=S(=O)(c1ccc(Cl)c(F)c1)N1CCC(c2nc3ccc(Cl)cc3[nH]2)CC1. The summed E-state index contributed by atoms with van der Waals surface area (Å²) >= 11 is 11.7. The molecular formula is C18H16Cl2FN3O2S. The van der Waals surface area contributed by atoms with Gasteiger partial charge in [0.25, 0.3) is 0 Å². The summed E-state index contributed by atoms with van der Waals surface area (Å²) in [5.74, 6) is 0.222. The van der Waals surface area contributed by atoms with Gasteiger partial charge in [0.15, 0.2) is 0 Å². The second-order valence-corrected chi connectivity index (χ2v) is 9.32. The predicted molar refractivity (Wildman–Crippen MR) is 103 cm³/mol. The van der Waals surface area contributed by atoms with Gasteiger partial charge in [-0.2, -0.15) is 4.31 Å². The zero-order chi connectivity index (χ0) is 19.2. The van der Waals surface area contributed by atoms with E-state index in [1.165, 1.54) is 16.4 Å². The molecule has 0 atom stereocenters. The van der Waals surface area contributed by atoms with Crippen molar-refractivity contribution in [2.24, 2.45) is 0 Å². The monoisotopic (exact) mass is 427 g/mol. The molecule has 1 saturated heterocycles. The van der Waals surface area contributed by atoms with Crippen molar-refractivity contribution in [2.75, 3.05) is 13.1 Å². The fraction of sp³-hybridized carbons (Fsp3) is 0.278. The molecule has 9 heteroatoms. The smallest absolute Gasteiger partial charge is 0.243 e. The fourth-order valence-electron chi connectivity index (χ4n) is 3.35. The third kappa shape index (κ3) is 3.57. The summed E-state index contributed by atoms with van der Waals surface area (Å²) in [7, 11) is -3.75. The van der Waals surface area contributed by atoms with Gasteiger partial charge in [0.2, 0.25) is 10.0 Å². The number of halogens is 3. The normalized spacial score (nSPS) is 16.9. The van der Waals surface area contributed by atoms with E-state index in [0.717, 1.165) is 22.9 Å². The van der Waals surface area contributed by atoms with Crippen LogP contribution in [0.3, 0.4) is 0 Å². The molecule has 27 heavy (non-hydrogen) atoms. The van der Waals surface area contributed by atoms with Gasteiger partial charge < -0.3 is 4.98 Å². The van der Waals surface area contributed by atoms with E-state index in [1.807, 2.05) is 12.1 Å². The minimum absolute atomic E-state index is 0.0822. The van der Waals surface area contributed by atoms with Crippen LogP contribution in [-0.4, -0.2) is 35.8 Å². The van der Waals surface area contributed by atoms with Gasteiger partial charge in [0, 0.05) is 24.0 Å². The van der Waals surface area contributed by atoms with Gasteiger partial charge in [-0.05, 0) is 49.2 Å². The van der Waals surface area contributed by atoms with Crippen LogP contribution in [0.5, 0.6) is 0 Å². The molecule has 1 aliphatic heterocycles. The number of hydrogen-bond donors (Lipinski definition) is 1. The van der Waals surface area contributed by atoms with E-state index in [2.05, 4.69) is 9.97 Å². The molecule has 5 nitrogen and oxygen atoms in total. The van der Waals surface area contributed by atoms with Crippen molar-refractivity contribution in [1.29, 1.82) is 0 Å². The van der Waals surface area contributed by atoms with E-state index in [-0.39, 0.29) is 15.8 Å². The molecule has 0 amide bonds. The Morgan fingerprint density at radius 3 is 2.56 bits per heavy atom. The highest BCUT2D eigenvalue weighted by Gasteiger charge is 2.31. The molecule has 0 spiro atoms. The predicted octanol–water partition coefficient (Wildman–Crippen LogP) is 4.58. The first kappa shape index (κ1) is 18.7. The van der Waals surface area contributed by atoms with Gasteiger partial charge in [-0.25, -0.2) is 17.8 Å². The van der Waals surface area contributed by atoms with Crippen LogP contribution in [0.4, 0.5) is 4.39 Å². The molecule has 142 valence electrons. The Morgan fingerprint density at radius 1 is 1.11 bits per heavy atom. The lowest BCUT2D eigenvalue weighted by Gasteiger charge is -2.30. The van der Waals surface area contributed by atoms with Crippen LogP contribution in [0.2, 0.25) is 10.0 Å². The molecule has 3 aromatic rings. The number of hydrogen-bond acceptors (Lipinski definition) is 3. The lowest BCUT2D eigenvalue weighted by atomic mass is 9.97. The molecule has 0 radical (unpaired) electrons. The number of sulfonamides is 1. The van der Waals surface area contributed by atoms with E-state index < -0.39 is 15.8 Å². The number of nitrogens with one attached hydrogen (secondary N) is 1. The first-order valence-electron chi connectivity index (χ1n) is 8.45. The van der Waals surface area contributed by atoms with Crippen LogP contribution >= 0.6 is 23.2 Å². The second-order valence-electron chi connectivity index (χ2n) is 6.54. The lowest BCUT2D eigenvalue weighted by Crippen LogP contribution is -2.38. The van der Waals surface area contributed by atoms with Crippen molar-refractivity contribution >= 4 is 44.3 Å². The molecule has 1 aromatic heterocycles. The first-order chi connectivity index (χ1) is 12.8. The fourth-order valence-corrected chi connectivity index (χ4v) is 5.12. The molecule has 0 aliphatic carbocycles. The summed E-state index contributed by atoms with van der Waals surface area (Å²) < 4.78 is 40.5. The van der Waals surface area contributed by atoms with Crippen molar-refractivity contribution < 1.29 is 12.8 Å². The van der Waals surface area contributed by atoms with Crippen molar-refractivity contribution in [3.8, 4) is 0 Å². The second kappa shape index (κ2) is 7.05. The summed E-state index contributed by atoms with van der Waals surface area (Å²) in [4.78, 5) is 7.79. The Labute approximate surface area is 166 Å². The number of rotatable bonds is 3. The zero-order valence-electron chi connectivity index (χ0n) is 14.1. The van der Waals surface area contributed by atoms with Crippen LogP contribution in [0.15, 0.2) is 41.3 Å². The van der Waals surface area contributed by atoms with Gasteiger partial charge in [-0.15, -0.1) is 0 Å². The van der Waals surface area contributed by atoms with Gasteiger partial charge in [-0.3, -0.25) is 0 Å². The molecule has 1 N–H and O–H groups in total. The Morgan fingerprint density at radius 2 is 1.85 bits per heavy atom. The minimum Gasteiger partial charge on any atom is -0.342 e. The van der Waals surface area contributed by atoms with Gasteiger partial charge >= 0.3 is 0 Å². The number of aromatic amines is 1. The van der Waals surface area contributed by atoms with Crippen molar-refractivity contribution in [2.45, 2.75) is 23.7 Å². The Kier molecular flexibility index (Phi) is 4.88. The number of aromatic nitrogens is 2. The molecular weight excluding hydrogens is 412 g/mol. The van der Waals surface area contributed by atoms with Crippen molar-refractivity contribution in [3.63, 3.8) is 0 Å². The van der Waals surface area contributed by atoms with Crippen LogP contribution in [0.1, 0.15) is 24.6 Å². The molecule has 2 aromatic carbocycles. The van der Waals surface area contributed by atoms with E-state index in [4.69, 9.17) is 23.2 Å². The lowest BCUT2D eigenvalue weighted by molar-refractivity contribution is 0.314. The molecule has 0 unspecified atom stereocenters. The van der Waals surface area contributed by atoms with Crippen molar-refractivity contribution in [1.82, 2.24) is 14.3 Å². The summed E-state index contributed by atoms with van der Waals surface area (Å²) in [5.41, 5.74) is 1.70. The first-order valence-corrected chi connectivity index (χ1v) is 10.6. The topological polar surface area (TPSA) is 66.1 Å². The third-order valence-corrected chi connectivity index (χ3v) is 7.27. The maximum Gasteiger partial charge on any atom is 0.243 e. The Bertz CT molecular complexity index is 1110. The van der Waals surface area contributed by atoms with Crippen LogP contribution in [-0.2, 0) is 10.0 Å². The highest BCUT2D eigenvalue weighted by molar-refractivity contribution is 7.89. The molecule has 4 rings (SSSR count). The molecule has 1 fully saturated rings. The van der Waals surface area contributed by atoms with Gasteiger partial charge in [0.05, 0.1) is 21.0 Å². The number of piperidine rings is 1. The number of benzene rings is 2. The highest BCUT2D eigenvalue weighted by Crippen LogP contribution is 2.31. The molecule has 0 saturated carbocycles. The molecule has 2 heterocycles. The Balaban J connectivity index is 1.51. The van der Waals surface area contributed by atoms with Crippen LogP contribution in [0, 0.1) is 5.82 Å². The standard InChI is InChI=1S/C18H16Cl2FN3O2S/c19-12-1-4-16-17(9-12)23-18(22-16)11-5-7-24(8-6-11)27(25,26)13-2-3-14(20)15(21)10-13/h1-4,9-11H,5-8H2,(H,22,23). The van der Waals surface area contributed by atoms with E-state index in [1.54, 1.807) is 6.07 Å². The maximum absolute atomic E-state index is 13.7. The van der Waals surface area contributed by atoms with E-state index >= 15 is 0 Å². The number of nitrogens with zero attached hydrogens (tertiary/aromatic N) is 2. The third-order valence-electron chi connectivity index (χ3n) is 4.83. The minimum atomic E-state index is -3.75. The highest BCUT2D eigenvalue weighted by atomic mass is 35.5. The van der Waals surface area contributed by atoms with Gasteiger partial charge in [-0.1, -0.05) is 23.2 Å². The number of H-pyrrole nitrogens is 1. The average molecular weight is 428 g/mol. The number of fused-ring (bicyclic) bond motifs is 1. The number of imidazole rings is 1. The summed E-state index contributed by atoms with van der Waals surface area (Å²) in [6.45, 7) is 0.685. The largest absolute Gasteiger partial charge is 0.342 e. The van der Waals surface area contributed by atoms with Crippen molar-refractivity contribution in [3.05, 3.63) is 58.1 Å².